The van der Waals surface area contributed by atoms with Crippen LogP contribution in [0.3, 0.4) is 0 Å². The first kappa shape index (κ1) is 52.2. The zero-order valence-corrected chi connectivity index (χ0v) is 35.3. The molecule has 2 unspecified atom stereocenters. The van der Waals surface area contributed by atoms with Gasteiger partial charge in [0, 0.05) is 19.4 Å². The summed E-state index contributed by atoms with van der Waals surface area (Å²) in [6, 6.07) is 0. The fraction of sp³-hybridized carbons (Fsp3) is 0.644. The van der Waals surface area contributed by atoms with Gasteiger partial charge in [-0.1, -0.05) is 144 Å². The summed E-state index contributed by atoms with van der Waals surface area (Å²) in [7, 11) is -4.40. The fourth-order valence-electron chi connectivity index (χ4n) is 5.12. The van der Waals surface area contributed by atoms with Gasteiger partial charge >= 0.3 is 19.8 Å². The topological polar surface area (TPSA) is 134 Å². The summed E-state index contributed by atoms with van der Waals surface area (Å²) in [6.45, 7) is 3.55. The van der Waals surface area contributed by atoms with E-state index in [2.05, 4.69) is 86.8 Å². The lowest BCUT2D eigenvalue weighted by atomic mass is 10.1. The molecule has 0 aliphatic heterocycles. The smallest absolute Gasteiger partial charge is 0.462 e. The van der Waals surface area contributed by atoms with Crippen molar-refractivity contribution in [1.82, 2.24) is 0 Å². The molecule has 0 saturated heterocycles. The second-order valence-corrected chi connectivity index (χ2v) is 14.9. The van der Waals surface area contributed by atoms with Gasteiger partial charge in [-0.2, -0.15) is 0 Å². The molecule has 55 heavy (non-hydrogen) atoms. The number of phosphoric ester groups is 1. The van der Waals surface area contributed by atoms with Gasteiger partial charge in [-0.15, -0.1) is 0 Å². The number of carbonyl (C=O) groups excluding carboxylic acids is 2. The predicted molar refractivity (Wildman–Crippen MR) is 229 cm³/mol. The maximum atomic E-state index is 12.5. The minimum Gasteiger partial charge on any atom is -0.462 e. The van der Waals surface area contributed by atoms with Gasteiger partial charge < -0.3 is 20.1 Å². The number of phosphoric acid groups is 1. The Balaban J connectivity index is 4.32. The van der Waals surface area contributed by atoms with Crippen molar-refractivity contribution in [2.24, 2.45) is 5.73 Å². The van der Waals surface area contributed by atoms with Gasteiger partial charge in [0.2, 0.25) is 0 Å². The van der Waals surface area contributed by atoms with Crippen molar-refractivity contribution in [2.75, 3.05) is 26.4 Å². The number of esters is 2. The molecule has 10 heteroatoms. The van der Waals surface area contributed by atoms with Crippen LogP contribution in [0.4, 0.5) is 0 Å². The fourth-order valence-corrected chi connectivity index (χ4v) is 5.88. The van der Waals surface area contributed by atoms with Crippen molar-refractivity contribution >= 4 is 19.8 Å². The number of hydrogen-bond acceptors (Lipinski definition) is 8. The van der Waals surface area contributed by atoms with Crippen LogP contribution in [0.2, 0.25) is 0 Å². The van der Waals surface area contributed by atoms with Gasteiger partial charge in [0.25, 0.3) is 0 Å². The highest BCUT2D eigenvalue weighted by molar-refractivity contribution is 7.47. The van der Waals surface area contributed by atoms with Crippen LogP contribution in [-0.4, -0.2) is 49.3 Å². The first-order chi connectivity index (χ1) is 26.8. The van der Waals surface area contributed by atoms with E-state index < -0.39 is 32.5 Å². The molecule has 2 atom stereocenters. The molecule has 0 bridgehead atoms. The van der Waals surface area contributed by atoms with Crippen LogP contribution >= 0.6 is 7.82 Å². The van der Waals surface area contributed by atoms with Gasteiger partial charge in [0.15, 0.2) is 6.10 Å². The standard InChI is InChI=1S/C45H76NO8P/c1-3-5-7-9-11-13-15-17-18-19-20-21-22-23-24-26-27-29-31-33-35-37-44(47)51-41-43(42-53-55(49,50)52-40-39-46)54-45(48)38-36-34-32-30-28-25-16-14-12-10-8-6-4-2/h11,13,17-18,20-21,23-25,27-29,32,34,43H,3-10,12,14-16,19,22,26,30-31,33,35-42,46H2,1-2H3,(H,49,50)/b13-11+,18-17+,21-20+,24-23+,28-25+,29-27+,34-32+. The molecule has 0 heterocycles. The summed E-state index contributed by atoms with van der Waals surface area (Å²) >= 11 is 0. The number of carbonyl (C=O) groups is 2. The van der Waals surface area contributed by atoms with Gasteiger partial charge in [-0.3, -0.25) is 18.6 Å². The van der Waals surface area contributed by atoms with Crippen molar-refractivity contribution in [2.45, 2.75) is 161 Å². The highest BCUT2D eigenvalue weighted by Gasteiger charge is 2.25. The van der Waals surface area contributed by atoms with E-state index in [1.807, 2.05) is 12.2 Å². The molecular weight excluding hydrogens is 713 g/mol. The number of allylic oxidation sites excluding steroid dienone is 14. The zero-order valence-electron chi connectivity index (χ0n) is 34.4. The first-order valence-electron chi connectivity index (χ1n) is 21.1. The molecule has 9 nitrogen and oxygen atoms in total. The van der Waals surface area contributed by atoms with E-state index in [-0.39, 0.29) is 32.6 Å². The summed E-state index contributed by atoms with van der Waals surface area (Å²) in [6.07, 6.45) is 50.6. The summed E-state index contributed by atoms with van der Waals surface area (Å²) in [5, 5.41) is 0. The minimum atomic E-state index is -4.40. The first-order valence-corrected chi connectivity index (χ1v) is 22.6. The Morgan fingerprint density at radius 1 is 0.545 bits per heavy atom. The van der Waals surface area contributed by atoms with Crippen LogP contribution in [-0.2, 0) is 32.7 Å². The molecule has 0 aliphatic carbocycles. The Hall–Kier alpha value is -2.81. The van der Waals surface area contributed by atoms with E-state index in [0.717, 1.165) is 51.4 Å². The molecule has 0 fully saturated rings. The molecule has 0 spiro atoms. The molecule has 314 valence electrons. The third-order valence-corrected chi connectivity index (χ3v) is 9.25. The van der Waals surface area contributed by atoms with Crippen molar-refractivity contribution in [1.29, 1.82) is 0 Å². The summed E-state index contributed by atoms with van der Waals surface area (Å²) in [4.78, 5) is 34.7. The maximum Gasteiger partial charge on any atom is 0.472 e. The molecule has 0 saturated carbocycles. The van der Waals surface area contributed by atoms with Gasteiger partial charge in [-0.25, -0.2) is 4.57 Å². The van der Waals surface area contributed by atoms with E-state index >= 15 is 0 Å². The van der Waals surface area contributed by atoms with E-state index in [9.17, 15) is 19.0 Å². The summed E-state index contributed by atoms with van der Waals surface area (Å²) < 4.78 is 32.6. The van der Waals surface area contributed by atoms with Crippen molar-refractivity contribution in [3.8, 4) is 0 Å². The van der Waals surface area contributed by atoms with Crippen LogP contribution in [0.25, 0.3) is 0 Å². The molecule has 0 rings (SSSR count). The minimum absolute atomic E-state index is 0.0353. The number of ether oxygens (including phenoxy) is 2. The van der Waals surface area contributed by atoms with Crippen LogP contribution in [0.5, 0.6) is 0 Å². The third-order valence-electron chi connectivity index (χ3n) is 8.27. The van der Waals surface area contributed by atoms with Crippen LogP contribution in [0.15, 0.2) is 85.1 Å². The van der Waals surface area contributed by atoms with Gasteiger partial charge in [0.1, 0.15) is 6.61 Å². The molecule has 0 aromatic carbocycles. The Morgan fingerprint density at radius 2 is 0.982 bits per heavy atom. The quantitative estimate of drug-likeness (QED) is 0.0271. The molecule has 0 aliphatic rings. The average molecular weight is 790 g/mol. The predicted octanol–water partition coefficient (Wildman–Crippen LogP) is 12.0. The number of unbranched alkanes of at least 4 members (excludes halogenated alkanes) is 11. The summed E-state index contributed by atoms with van der Waals surface area (Å²) in [5.41, 5.74) is 5.33. The molecule has 3 N–H and O–H groups in total. The lowest BCUT2D eigenvalue weighted by Gasteiger charge is -2.19. The molecule has 0 aromatic rings. The second kappa shape index (κ2) is 40.8. The molecule has 0 radical (unpaired) electrons. The van der Waals surface area contributed by atoms with E-state index in [0.29, 0.717) is 12.8 Å². The normalized spacial score (nSPS) is 14.2. The Kier molecular flexibility index (Phi) is 38.8. The molecule has 0 aromatic heterocycles. The average Bonchev–Trinajstić information content (AvgIpc) is 3.17. The van der Waals surface area contributed by atoms with E-state index in [1.165, 1.54) is 64.2 Å². The van der Waals surface area contributed by atoms with Crippen LogP contribution in [0, 0.1) is 0 Å². The Bertz CT molecular complexity index is 1170. The number of hydrogen-bond donors (Lipinski definition) is 2. The lowest BCUT2D eigenvalue weighted by molar-refractivity contribution is -0.161. The Morgan fingerprint density at radius 3 is 1.51 bits per heavy atom. The molecule has 0 amide bonds. The van der Waals surface area contributed by atoms with Gasteiger partial charge in [-0.05, 0) is 83.5 Å². The second-order valence-electron chi connectivity index (χ2n) is 13.5. The highest BCUT2D eigenvalue weighted by Crippen LogP contribution is 2.43. The van der Waals surface area contributed by atoms with Crippen molar-refractivity contribution < 1.29 is 37.6 Å². The highest BCUT2D eigenvalue weighted by atomic mass is 31.2. The van der Waals surface area contributed by atoms with E-state index in [1.54, 1.807) is 0 Å². The van der Waals surface area contributed by atoms with Crippen LogP contribution < -0.4 is 5.73 Å². The number of nitrogens with two attached hydrogens (primary N) is 1. The Labute approximate surface area is 334 Å². The van der Waals surface area contributed by atoms with Gasteiger partial charge in [0.05, 0.1) is 13.2 Å². The number of rotatable bonds is 38. The monoisotopic (exact) mass is 790 g/mol. The third kappa shape index (κ3) is 40.7. The van der Waals surface area contributed by atoms with Crippen molar-refractivity contribution in [3.63, 3.8) is 0 Å². The van der Waals surface area contributed by atoms with Crippen molar-refractivity contribution in [3.05, 3.63) is 85.1 Å². The largest absolute Gasteiger partial charge is 0.472 e. The van der Waals surface area contributed by atoms with E-state index in [4.69, 9.17) is 24.3 Å². The molecular formula is C45H76NO8P. The maximum absolute atomic E-state index is 12.5. The SMILES string of the molecule is CCCCC/C=C/C/C=C/C/C=C/C/C=C/C/C=C/CCCCC(=O)OCC(COP(=O)(O)OCCN)OC(=O)CC/C=C/C/C=C/CCCCCCCC. The zero-order chi connectivity index (χ0) is 40.3. The summed E-state index contributed by atoms with van der Waals surface area (Å²) in [5.74, 6) is -0.966. The lowest BCUT2D eigenvalue weighted by Crippen LogP contribution is -2.29. The van der Waals surface area contributed by atoms with Crippen LogP contribution in [0.1, 0.15) is 155 Å².